The fourth-order valence-corrected chi connectivity index (χ4v) is 7.25. The molecular formula is C18H28O3S. The van der Waals surface area contributed by atoms with E-state index in [4.69, 9.17) is 12.6 Å². The van der Waals surface area contributed by atoms with E-state index in [9.17, 15) is 15.0 Å². The molecule has 4 aliphatic carbocycles. The van der Waals surface area contributed by atoms with Gasteiger partial charge in [-0.3, -0.25) is 4.79 Å². The van der Waals surface area contributed by atoms with Crippen molar-refractivity contribution in [3.63, 3.8) is 0 Å². The van der Waals surface area contributed by atoms with Gasteiger partial charge in [0.15, 0.2) is 0 Å². The summed E-state index contributed by atoms with van der Waals surface area (Å²) in [6.45, 7) is 2.27. The van der Waals surface area contributed by atoms with Crippen LogP contribution in [-0.2, 0) is 4.79 Å². The van der Waals surface area contributed by atoms with Gasteiger partial charge in [0, 0.05) is 17.6 Å². The summed E-state index contributed by atoms with van der Waals surface area (Å²) in [7, 11) is 0. The predicted octanol–water partition coefficient (Wildman–Crippen LogP) is 2.74. The lowest BCUT2D eigenvalue weighted by Gasteiger charge is -2.62. The van der Waals surface area contributed by atoms with Crippen molar-refractivity contribution in [2.75, 3.05) is 0 Å². The van der Waals surface area contributed by atoms with E-state index in [1.54, 1.807) is 0 Å². The lowest BCUT2D eigenvalue weighted by molar-refractivity contribution is -0.153. The number of hydrogen-bond acceptors (Lipinski definition) is 4. The molecule has 4 heteroatoms. The van der Waals surface area contributed by atoms with Crippen molar-refractivity contribution in [2.24, 2.45) is 23.2 Å². The largest absolute Gasteiger partial charge is 0.393 e. The van der Waals surface area contributed by atoms with E-state index < -0.39 is 10.3 Å². The Morgan fingerprint density at radius 1 is 1.09 bits per heavy atom. The molecule has 0 bridgehead atoms. The smallest absolute Gasteiger partial charge is 0.135 e. The number of ketones is 1. The molecule has 4 saturated carbocycles. The van der Waals surface area contributed by atoms with Crippen LogP contribution < -0.4 is 0 Å². The molecule has 0 saturated heterocycles. The number of hydrogen-bond donors (Lipinski definition) is 3. The van der Waals surface area contributed by atoms with Gasteiger partial charge < -0.3 is 10.2 Å². The van der Waals surface area contributed by atoms with E-state index in [1.165, 1.54) is 0 Å². The van der Waals surface area contributed by atoms with Crippen LogP contribution in [0.3, 0.4) is 0 Å². The zero-order valence-corrected chi connectivity index (χ0v) is 14.3. The molecule has 4 fully saturated rings. The van der Waals surface area contributed by atoms with Gasteiger partial charge in [-0.15, -0.1) is 0 Å². The van der Waals surface area contributed by atoms with Gasteiger partial charge in [-0.1, -0.05) is 6.92 Å². The predicted molar refractivity (Wildman–Crippen MR) is 87.8 cm³/mol. The number of aliphatic hydroxyl groups excluding tert-OH is 1. The van der Waals surface area contributed by atoms with Crippen LogP contribution in [0, 0.1) is 23.2 Å². The Labute approximate surface area is 138 Å². The van der Waals surface area contributed by atoms with Gasteiger partial charge in [0.05, 0.1) is 11.7 Å². The zero-order chi connectivity index (χ0) is 15.8. The maximum Gasteiger partial charge on any atom is 0.135 e. The molecule has 2 N–H and O–H groups in total. The molecule has 0 aliphatic heterocycles. The molecule has 4 aliphatic rings. The molecule has 7 atom stereocenters. The standard InChI is InChI=1S/C18H28O3S/c1-16-7-6-14-12(13(16)2-3-15(16)20)5-8-17(21)10-11(19)4-9-18(14,17)22/h12-15,20-22H,2-10H2,1H3/t12-,13-,14-,15-,16-,17+,18-/m0/s1. The quantitative estimate of drug-likeness (QED) is 0.601. The van der Waals surface area contributed by atoms with Crippen LogP contribution in [0.25, 0.3) is 0 Å². The van der Waals surface area contributed by atoms with Crippen molar-refractivity contribution in [2.45, 2.75) is 81.2 Å². The van der Waals surface area contributed by atoms with Crippen LogP contribution in [0.15, 0.2) is 0 Å². The van der Waals surface area contributed by atoms with Gasteiger partial charge in [0.1, 0.15) is 5.78 Å². The second-order valence-corrected chi connectivity index (χ2v) is 9.52. The number of Topliss-reactive ketones (excluding diaryl/α,β-unsaturated/α-hetero) is 1. The molecule has 0 heterocycles. The third-order valence-electron chi connectivity index (χ3n) is 7.97. The summed E-state index contributed by atoms with van der Waals surface area (Å²) in [5.41, 5.74) is -0.844. The Kier molecular flexibility index (Phi) is 3.33. The van der Waals surface area contributed by atoms with Crippen LogP contribution in [0.1, 0.15) is 64.7 Å². The lowest BCUT2D eigenvalue weighted by Crippen LogP contribution is -2.65. The fourth-order valence-electron chi connectivity index (χ4n) is 6.63. The Morgan fingerprint density at radius 3 is 2.64 bits per heavy atom. The second kappa shape index (κ2) is 4.73. The Morgan fingerprint density at radius 2 is 1.86 bits per heavy atom. The first kappa shape index (κ1) is 15.5. The molecule has 22 heavy (non-hydrogen) atoms. The topological polar surface area (TPSA) is 57.5 Å². The summed E-state index contributed by atoms with van der Waals surface area (Å²) in [4.78, 5) is 11.9. The number of aliphatic hydroxyl groups is 2. The average Bonchev–Trinajstić information content (AvgIpc) is 2.76. The third-order valence-corrected chi connectivity index (χ3v) is 8.94. The summed E-state index contributed by atoms with van der Waals surface area (Å²) in [5, 5.41) is 21.6. The van der Waals surface area contributed by atoms with Crippen molar-refractivity contribution in [3.05, 3.63) is 0 Å². The molecule has 0 radical (unpaired) electrons. The molecule has 124 valence electrons. The van der Waals surface area contributed by atoms with Gasteiger partial charge in [-0.2, -0.15) is 12.6 Å². The van der Waals surface area contributed by atoms with Gasteiger partial charge in [0.25, 0.3) is 0 Å². The molecule has 0 aromatic rings. The SMILES string of the molecule is C[C@]12CC[C@H]3[C@@H](CC[C@@]4(O)CC(=O)CC[C@]34S)[C@@H]1CC[C@@H]2O. The molecule has 0 aromatic carbocycles. The molecule has 4 rings (SSSR count). The fraction of sp³-hybridized carbons (Fsp3) is 0.944. The molecule has 0 unspecified atom stereocenters. The van der Waals surface area contributed by atoms with Crippen molar-refractivity contribution >= 4 is 18.4 Å². The Balaban J connectivity index is 1.68. The highest BCUT2D eigenvalue weighted by molar-refractivity contribution is 7.82. The van der Waals surface area contributed by atoms with Gasteiger partial charge in [0.2, 0.25) is 0 Å². The van der Waals surface area contributed by atoms with E-state index in [0.29, 0.717) is 37.0 Å². The van der Waals surface area contributed by atoms with Crippen molar-refractivity contribution < 1.29 is 15.0 Å². The average molecular weight is 324 g/mol. The van der Waals surface area contributed by atoms with Gasteiger partial charge >= 0.3 is 0 Å². The zero-order valence-electron chi connectivity index (χ0n) is 13.4. The van der Waals surface area contributed by atoms with E-state index in [2.05, 4.69) is 6.92 Å². The van der Waals surface area contributed by atoms with Crippen LogP contribution in [0.5, 0.6) is 0 Å². The van der Waals surface area contributed by atoms with Crippen molar-refractivity contribution in [3.8, 4) is 0 Å². The summed E-state index contributed by atoms with van der Waals surface area (Å²) in [6.07, 6.45) is 7.22. The Hall–Kier alpha value is -0.0600. The summed E-state index contributed by atoms with van der Waals surface area (Å²) >= 11 is 5.04. The second-order valence-electron chi connectivity index (χ2n) is 8.72. The van der Waals surface area contributed by atoms with E-state index in [-0.39, 0.29) is 17.3 Å². The number of fused-ring (bicyclic) bond motifs is 5. The maximum atomic E-state index is 11.9. The monoisotopic (exact) mass is 324 g/mol. The van der Waals surface area contributed by atoms with Crippen LogP contribution in [0.2, 0.25) is 0 Å². The number of carbonyl (C=O) groups excluding carboxylic acids is 1. The van der Waals surface area contributed by atoms with Gasteiger partial charge in [-0.25, -0.2) is 0 Å². The first-order valence-corrected chi connectivity index (χ1v) is 9.39. The van der Waals surface area contributed by atoms with Crippen LogP contribution >= 0.6 is 12.6 Å². The van der Waals surface area contributed by atoms with Crippen LogP contribution in [-0.4, -0.2) is 32.4 Å². The van der Waals surface area contributed by atoms with Gasteiger partial charge in [-0.05, 0) is 68.1 Å². The van der Waals surface area contributed by atoms with E-state index in [0.717, 1.165) is 38.5 Å². The third kappa shape index (κ3) is 1.81. The Bertz CT molecular complexity index is 509. The molecule has 0 aromatic heterocycles. The molecule has 0 amide bonds. The minimum atomic E-state index is -0.905. The summed E-state index contributed by atoms with van der Waals surface area (Å²) in [6, 6.07) is 0. The molecule has 3 nitrogen and oxygen atoms in total. The highest BCUT2D eigenvalue weighted by Crippen LogP contribution is 2.65. The van der Waals surface area contributed by atoms with E-state index in [1.807, 2.05) is 0 Å². The summed E-state index contributed by atoms with van der Waals surface area (Å²) < 4.78 is -0.404. The normalized spacial score (nSPS) is 57.9. The minimum absolute atomic E-state index is 0.0608. The first-order chi connectivity index (χ1) is 10.3. The number of rotatable bonds is 0. The lowest BCUT2D eigenvalue weighted by atomic mass is 9.49. The first-order valence-electron chi connectivity index (χ1n) is 8.95. The minimum Gasteiger partial charge on any atom is -0.393 e. The highest BCUT2D eigenvalue weighted by atomic mass is 32.1. The van der Waals surface area contributed by atoms with E-state index >= 15 is 0 Å². The van der Waals surface area contributed by atoms with Crippen molar-refractivity contribution in [1.29, 1.82) is 0 Å². The molecular weight excluding hydrogens is 296 g/mol. The highest BCUT2D eigenvalue weighted by Gasteiger charge is 2.65. The maximum absolute atomic E-state index is 11.9. The number of thiol groups is 1. The molecule has 0 spiro atoms. The van der Waals surface area contributed by atoms with Crippen molar-refractivity contribution in [1.82, 2.24) is 0 Å². The number of carbonyl (C=O) groups is 1. The van der Waals surface area contributed by atoms with Crippen LogP contribution in [0.4, 0.5) is 0 Å². The summed E-state index contributed by atoms with van der Waals surface area (Å²) in [5.74, 6) is 1.71.